The zero-order valence-electron chi connectivity index (χ0n) is 12.4. The fourth-order valence-corrected chi connectivity index (χ4v) is 3.50. The number of imidazole rings is 1. The van der Waals surface area contributed by atoms with Crippen molar-refractivity contribution in [1.82, 2.24) is 14.5 Å². The van der Waals surface area contributed by atoms with Crippen LogP contribution in [0.15, 0.2) is 43.1 Å². The van der Waals surface area contributed by atoms with Crippen molar-refractivity contribution in [3.8, 4) is 0 Å². The summed E-state index contributed by atoms with van der Waals surface area (Å²) in [6, 6.07) is 7.94. The second-order valence-electron chi connectivity index (χ2n) is 5.21. The van der Waals surface area contributed by atoms with E-state index in [1.54, 1.807) is 17.2 Å². The number of thiazole rings is 1. The van der Waals surface area contributed by atoms with E-state index < -0.39 is 0 Å². The highest BCUT2D eigenvalue weighted by Gasteiger charge is 2.30. The van der Waals surface area contributed by atoms with Crippen LogP contribution in [0.1, 0.15) is 9.67 Å². The third-order valence-electron chi connectivity index (χ3n) is 3.78. The molecule has 4 rings (SSSR count). The van der Waals surface area contributed by atoms with Gasteiger partial charge in [-0.05, 0) is 12.1 Å². The minimum Gasteiger partial charge on any atom is -0.358 e. The van der Waals surface area contributed by atoms with E-state index in [1.807, 2.05) is 24.3 Å². The monoisotopic (exact) mass is 325 g/mol. The summed E-state index contributed by atoms with van der Waals surface area (Å²) in [5, 5.41) is 3.82. The van der Waals surface area contributed by atoms with E-state index in [2.05, 4.69) is 26.4 Å². The van der Waals surface area contributed by atoms with E-state index in [0.717, 1.165) is 22.7 Å². The van der Waals surface area contributed by atoms with Crippen LogP contribution < -0.4 is 10.2 Å². The smallest absolute Gasteiger partial charge is 0.272 e. The number of para-hydroxylation sites is 2. The fraction of sp³-hybridized carbons (Fsp3) is 0.188. The SMILES string of the molecule is C=CCNc1ncc(C(=O)N2CCn3c2nc2ccccc23)s1. The summed E-state index contributed by atoms with van der Waals surface area (Å²) >= 11 is 1.35. The van der Waals surface area contributed by atoms with Crippen molar-refractivity contribution in [2.75, 3.05) is 23.3 Å². The normalized spacial score (nSPS) is 13.3. The Balaban J connectivity index is 1.64. The number of anilines is 2. The summed E-state index contributed by atoms with van der Waals surface area (Å²) in [4.78, 5) is 23.9. The van der Waals surface area contributed by atoms with Crippen molar-refractivity contribution in [2.45, 2.75) is 6.54 Å². The van der Waals surface area contributed by atoms with Gasteiger partial charge in [-0.15, -0.1) is 6.58 Å². The number of aromatic nitrogens is 3. The van der Waals surface area contributed by atoms with Crippen molar-refractivity contribution in [3.05, 3.63) is 48.0 Å². The number of hydrogen-bond acceptors (Lipinski definition) is 5. The highest BCUT2D eigenvalue weighted by Crippen LogP contribution is 2.29. The number of hydrogen-bond donors (Lipinski definition) is 1. The largest absolute Gasteiger partial charge is 0.358 e. The summed E-state index contributed by atoms with van der Waals surface area (Å²) in [5.74, 6) is 0.661. The molecule has 3 aromatic rings. The molecule has 0 saturated heterocycles. The van der Waals surface area contributed by atoms with Crippen molar-refractivity contribution >= 4 is 39.4 Å². The summed E-state index contributed by atoms with van der Waals surface area (Å²) in [7, 11) is 0. The summed E-state index contributed by atoms with van der Waals surface area (Å²) in [6.07, 6.45) is 3.37. The molecule has 3 heterocycles. The zero-order valence-corrected chi connectivity index (χ0v) is 13.2. The van der Waals surface area contributed by atoms with Crippen LogP contribution in [-0.2, 0) is 6.54 Å². The highest BCUT2D eigenvalue weighted by atomic mass is 32.1. The first kappa shape index (κ1) is 14.0. The quantitative estimate of drug-likeness (QED) is 0.749. The second-order valence-corrected chi connectivity index (χ2v) is 6.24. The molecule has 0 fully saturated rings. The topological polar surface area (TPSA) is 63.1 Å². The molecule has 1 amide bonds. The van der Waals surface area contributed by atoms with Crippen molar-refractivity contribution in [3.63, 3.8) is 0 Å². The molecule has 0 saturated carbocycles. The molecule has 0 atom stereocenters. The molecule has 1 aromatic carbocycles. The van der Waals surface area contributed by atoms with Crippen LogP contribution in [0.3, 0.4) is 0 Å². The van der Waals surface area contributed by atoms with Crippen LogP contribution in [0.25, 0.3) is 11.0 Å². The Labute approximate surface area is 137 Å². The molecule has 1 aliphatic rings. The lowest BCUT2D eigenvalue weighted by molar-refractivity contribution is 0.0992. The van der Waals surface area contributed by atoms with Crippen molar-refractivity contribution in [2.24, 2.45) is 0 Å². The molecule has 0 bridgehead atoms. The first-order valence-corrected chi connectivity index (χ1v) is 8.17. The van der Waals surface area contributed by atoms with E-state index in [1.165, 1.54) is 11.3 Å². The molecule has 0 unspecified atom stereocenters. The van der Waals surface area contributed by atoms with Gasteiger partial charge in [-0.3, -0.25) is 9.69 Å². The first-order chi connectivity index (χ1) is 11.3. The molecular formula is C16H15N5OS. The lowest BCUT2D eigenvalue weighted by Crippen LogP contribution is -2.28. The number of amides is 1. The Bertz CT molecular complexity index is 897. The number of carbonyl (C=O) groups excluding carboxylic acids is 1. The Kier molecular flexibility index (Phi) is 3.34. The Hall–Kier alpha value is -2.67. The highest BCUT2D eigenvalue weighted by molar-refractivity contribution is 7.17. The maximum atomic E-state index is 12.8. The van der Waals surface area contributed by atoms with Crippen LogP contribution >= 0.6 is 11.3 Å². The van der Waals surface area contributed by atoms with Gasteiger partial charge in [0.2, 0.25) is 5.95 Å². The third kappa shape index (κ3) is 2.29. The van der Waals surface area contributed by atoms with Gasteiger partial charge < -0.3 is 9.88 Å². The first-order valence-electron chi connectivity index (χ1n) is 7.35. The van der Waals surface area contributed by atoms with E-state index in [4.69, 9.17) is 0 Å². The van der Waals surface area contributed by atoms with Gasteiger partial charge in [0.1, 0.15) is 4.88 Å². The Morgan fingerprint density at radius 3 is 3.13 bits per heavy atom. The second kappa shape index (κ2) is 5.51. The number of carbonyl (C=O) groups is 1. The van der Waals surface area contributed by atoms with Crippen LogP contribution in [-0.4, -0.2) is 33.5 Å². The van der Waals surface area contributed by atoms with Gasteiger partial charge in [-0.1, -0.05) is 29.5 Å². The lowest BCUT2D eigenvalue weighted by Gasteiger charge is -2.11. The molecule has 0 spiro atoms. The third-order valence-corrected chi connectivity index (χ3v) is 4.73. The van der Waals surface area contributed by atoms with E-state index in [9.17, 15) is 4.79 Å². The molecule has 116 valence electrons. The van der Waals surface area contributed by atoms with Crippen LogP contribution in [0.2, 0.25) is 0 Å². The average Bonchev–Trinajstić information content (AvgIpc) is 3.27. The van der Waals surface area contributed by atoms with E-state index in [-0.39, 0.29) is 5.91 Å². The van der Waals surface area contributed by atoms with E-state index in [0.29, 0.717) is 23.9 Å². The summed E-state index contributed by atoms with van der Waals surface area (Å²) < 4.78 is 2.09. The average molecular weight is 325 g/mol. The van der Waals surface area contributed by atoms with Gasteiger partial charge in [-0.2, -0.15) is 0 Å². The van der Waals surface area contributed by atoms with Gasteiger partial charge in [0.25, 0.3) is 5.91 Å². The maximum Gasteiger partial charge on any atom is 0.272 e. The van der Waals surface area contributed by atoms with Gasteiger partial charge >= 0.3 is 0 Å². The molecule has 6 nitrogen and oxygen atoms in total. The van der Waals surface area contributed by atoms with Crippen LogP contribution in [0, 0.1) is 0 Å². The van der Waals surface area contributed by atoms with Gasteiger partial charge in [0.15, 0.2) is 5.13 Å². The number of nitrogens with zero attached hydrogens (tertiary/aromatic N) is 4. The molecule has 1 N–H and O–H groups in total. The van der Waals surface area contributed by atoms with Crippen molar-refractivity contribution in [1.29, 1.82) is 0 Å². The number of fused-ring (bicyclic) bond motifs is 3. The molecule has 2 aromatic heterocycles. The fourth-order valence-electron chi connectivity index (χ4n) is 2.73. The molecular weight excluding hydrogens is 310 g/mol. The van der Waals surface area contributed by atoms with Crippen molar-refractivity contribution < 1.29 is 4.79 Å². The maximum absolute atomic E-state index is 12.8. The Morgan fingerprint density at radius 1 is 1.39 bits per heavy atom. The Morgan fingerprint density at radius 2 is 2.26 bits per heavy atom. The number of rotatable bonds is 4. The molecule has 0 aliphatic carbocycles. The van der Waals surface area contributed by atoms with Crippen LogP contribution in [0.5, 0.6) is 0 Å². The predicted octanol–water partition coefficient (Wildman–Crippen LogP) is 2.75. The summed E-state index contributed by atoms with van der Waals surface area (Å²) in [6.45, 7) is 5.68. The minimum absolute atomic E-state index is 0.0526. The van der Waals surface area contributed by atoms with Gasteiger partial charge in [0.05, 0.1) is 17.2 Å². The molecule has 7 heteroatoms. The zero-order chi connectivity index (χ0) is 15.8. The van der Waals surface area contributed by atoms with Crippen LogP contribution in [0.4, 0.5) is 11.1 Å². The standard InChI is InChI=1S/C16H15N5OS/c1-2-7-17-15-18-10-13(23-15)14(22)21-9-8-20-12-6-4-3-5-11(12)19-16(20)21/h2-6,10H,1,7-9H2,(H,17,18). The van der Waals surface area contributed by atoms with Gasteiger partial charge in [-0.25, -0.2) is 9.97 Å². The molecule has 0 radical (unpaired) electrons. The minimum atomic E-state index is -0.0526. The molecule has 23 heavy (non-hydrogen) atoms. The summed E-state index contributed by atoms with van der Waals surface area (Å²) in [5.41, 5.74) is 1.98. The van der Waals surface area contributed by atoms with E-state index >= 15 is 0 Å². The number of nitrogens with one attached hydrogen (secondary N) is 1. The number of benzene rings is 1. The molecule has 1 aliphatic heterocycles. The van der Waals surface area contributed by atoms with Gasteiger partial charge in [0, 0.05) is 19.6 Å². The lowest BCUT2D eigenvalue weighted by atomic mass is 10.3. The predicted molar refractivity (Wildman–Crippen MR) is 92.2 cm³/mol.